The van der Waals surface area contributed by atoms with Gasteiger partial charge in [0, 0.05) is 6.07 Å². The van der Waals surface area contributed by atoms with E-state index in [0.29, 0.717) is 0 Å². The summed E-state index contributed by atoms with van der Waals surface area (Å²) in [6, 6.07) is 0.880. The molecule has 1 aromatic heterocycles. The molecule has 1 rings (SSSR count). The van der Waals surface area contributed by atoms with Crippen LogP contribution < -0.4 is 4.72 Å². The average molecular weight is 291 g/mol. The van der Waals surface area contributed by atoms with Crippen molar-refractivity contribution in [2.45, 2.75) is 18.7 Å². The van der Waals surface area contributed by atoms with E-state index in [9.17, 15) is 18.0 Å². The number of rotatable bonds is 6. The second-order valence-electron chi connectivity index (χ2n) is 3.47. The van der Waals surface area contributed by atoms with Crippen LogP contribution in [0, 0.1) is 6.92 Å². The Morgan fingerprint density at radius 1 is 1.47 bits per heavy atom. The van der Waals surface area contributed by atoms with Crippen LogP contribution in [0.5, 0.6) is 0 Å². The summed E-state index contributed by atoms with van der Waals surface area (Å²) in [5.41, 5.74) is 0. The number of carboxylic acid groups (broad SMARTS) is 1. The molecular weight excluding hydrogens is 278 g/mol. The van der Waals surface area contributed by atoms with Crippen LogP contribution in [0.15, 0.2) is 15.4 Å². The fraction of sp³-hybridized carbons (Fsp3) is 0.400. The molecule has 0 aliphatic rings. The Morgan fingerprint density at radius 2 is 2.11 bits per heavy atom. The summed E-state index contributed by atoms with van der Waals surface area (Å²) in [5.74, 6) is -2.68. The second kappa shape index (κ2) is 5.85. The van der Waals surface area contributed by atoms with Gasteiger partial charge in [-0.15, -0.1) is 0 Å². The molecule has 0 radical (unpaired) electrons. The molecule has 106 valence electrons. The molecule has 9 heteroatoms. The number of hydrogen-bond acceptors (Lipinski definition) is 6. The zero-order chi connectivity index (χ0) is 14.6. The van der Waals surface area contributed by atoms with E-state index >= 15 is 0 Å². The van der Waals surface area contributed by atoms with Gasteiger partial charge >= 0.3 is 11.9 Å². The van der Waals surface area contributed by atoms with Crippen LogP contribution >= 0.6 is 0 Å². The highest BCUT2D eigenvalue weighted by molar-refractivity contribution is 7.89. The van der Waals surface area contributed by atoms with Crippen molar-refractivity contribution < 1.29 is 32.3 Å². The Kier molecular flexibility index (Phi) is 4.67. The Bertz CT molecular complexity index is 587. The molecule has 0 aromatic carbocycles. The van der Waals surface area contributed by atoms with Crippen molar-refractivity contribution in [1.29, 1.82) is 0 Å². The molecular formula is C10H13NO7S. The van der Waals surface area contributed by atoms with Gasteiger partial charge in [0.05, 0.1) is 6.61 Å². The van der Waals surface area contributed by atoms with E-state index in [1.165, 1.54) is 6.92 Å². The van der Waals surface area contributed by atoms with Gasteiger partial charge in [0.15, 0.2) is 0 Å². The quantitative estimate of drug-likeness (QED) is 0.714. The number of sulfonamides is 1. The molecule has 0 aliphatic heterocycles. The summed E-state index contributed by atoms with van der Waals surface area (Å²) in [5, 5.41) is 8.69. The van der Waals surface area contributed by atoms with E-state index in [1.807, 2.05) is 4.72 Å². The van der Waals surface area contributed by atoms with Crippen molar-refractivity contribution >= 4 is 22.0 Å². The number of aryl methyl sites for hydroxylation is 1. The minimum absolute atomic E-state index is 0.0752. The van der Waals surface area contributed by atoms with Gasteiger partial charge in [-0.25, -0.2) is 13.2 Å². The maximum Gasteiger partial charge on any atom is 0.371 e. The number of hydrogen-bond donors (Lipinski definition) is 2. The van der Waals surface area contributed by atoms with Gasteiger partial charge in [-0.2, -0.15) is 4.72 Å². The van der Waals surface area contributed by atoms with Crippen LogP contribution in [0.1, 0.15) is 23.2 Å². The molecule has 0 amide bonds. The van der Waals surface area contributed by atoms with Crippen LogP contribution in [-0.2, 0) is 19.6 Å². The molecule has 19 heavy (non-hydrogen) atoms. The highest BCUT2D eigenvalue weighted by atomic mass is 32.2. The van der Waals surface area contributed by atoms with Crippen molar-refractivity contribution in [2.24, 2.45) is 0 Å². The van der Waals surface area contributed by atoms with Crippen molar-refractivity contribution in [3.8, 4) is 0 Å². The number of esters is 1. The lowest BCUT2D eigenvalue weighted by Crippen LogP contribution is -2.30. The molecule has 0 unspecified atom stereocenters. The zero-order valence-corrected chi connectivity index (χ0v) is 11.1. The van der Waals surface area contributed by atoms with E-state index in [0.717, 1.165) is 6.07 Å². The van der Waals surface area contributed by atoms with Gasteiger partial charge in [-0.3, -0.25) is 4.79 Å². The van der Waals surface area contributed by atoms with E-state index in [1.54, 1.807) is 6.92 Å². The van der Waals surface area contributed by atoms with Gasteiger partial charge in [0.1, 0.15) is 17.2 Å². The predicted molar refractivity (Wildman–Crippen MR) is 62.2 cm³/mol. The molecule has 0 saturated heterocycles. The topological polar surface area (TPSA) is 123 Å². The Balaban J connectivity index is 2.89. The van der Waals surface area contributed by atoms with Crippen molar-refractivity contribution in [3.05, 3.63) is 17.6 Å². The fourth-order valence-corrected chi connectivity index (χ4v) is 2.43. The van der Waals surface area contributed by atoms with E-state index < -0.39 is 34.3 Å². The second-order valence-corrected chi connectivity index (χ2v) is 5.20. The molecule has 1 aromatic rings. The van der Waals surface area contributed by atoms with E-state index in [-0.39, 0.29) is 17.3 Å². The SMILES string of the molecule is CCOC(=O)CNS(=O)(=O)c1cc(C(=O)O)oc1C. The molecule has 1 heterocycles. The highest BCUT2D eigenvalue weighted by Crippen LogP contribution is 2.19. The van der Waals surface area contributed by atoms with Crippen molar-refractivity contribution in [2.75, 3.05) is 13.2 Å². The summed E-state index contributed by atoms with van der Waals surface area (Å²) in [4.78, 5) is 21.4. The van der Waals surface area contributed by atoms with Crippen LogP contribution in [0.4, 0.5) is 0 Å². The number of ether oxygens (including phenoxy) is 1. The third kappa shape index (κ3) is 3.80. The summed E-state index contributed by atoms with van der Waals surface area (Å²) in [6.45, 7) is 2.49. The first-order valence-corrected chi connectivity index (χ1v) is 6.75. The summed E-state index contributed by atoms with van der Waals surface area (Å²) < 4.78 is 35.0. The lowest BCUT2D eigenvalue weighted by Gasteiger charge is -2.04. The van der Waals surface area contributed by atoms with Crippen LogP contribution in [-0.4, -0.2) is 38.6 Å². The number of carbonyl (C=O) groups excluding carboxylic acids is 1. The molecule has 0 saturated carbocycles. The number of aromatic carboxylic acids is 1. The number of carboxylic acids is 1. The van der Waals surface area contributed by atoms with Gasteiger partial charge in [-0.1, -0.05) is 0 Å². The average Bonchev–Trinajstić information content (AvgIpc) is 2.70. The fourth-order valence-electron chi connectivity index (χ4n) is 1.28. The summed E-state index contributed by atoms with van der Waals surface area (Å²) in [6.07, 6.45) is 0. The standard InChI is InChI=1S/C10H13NO7S/c1-3-17-9(12)5-11-19(15,16)8-4-7(10(13)14)18-6(8)2/h4,11H,3,5H2,1-2H3,(H,13,14). The van der Waals surface area contributed by atoms with E-state index in [2.05, 4.69) is 4.74 Å². The maximum absolute atomic E-state index is 11.8. The van der Waals surface area contributed by atoms with Gasteiger partial charge in [0.25, 0.3) is 0 Å². The van der Waals surface area contributed by atoms with Crippen LogP contribution in [0.3, 0.4) is 0 Å². The maximum atomic E-state index is 11.8. The molecule has 8 nitrogen and oxygen atoms in total. The molecule has 2 N–H and O–H groups in total. The zero-order valence-electron chi connectivity index (χ0n) is 10.3. The largest absolute Gasteiger partial charge is 0.475 e. The third-order valence-electron chi connectivity index (χ3n) is 2.08. The first-order chi connectivity index (χ1) is 8.77. The lowest BCUT2D eigenvalue weighted by atomic mass is 10.4. The normalized spacial score (nSPS) is 11.3. The Hall–Kier alpha value is -1.87. The first kappa shape index (κ1) is 15.2. The van der Waals surface area contributed by atoms with Gasteiger partial charge < -0.3 is 14.3 Å². The summed E-state index contributed by atoms with van der Waals surface area (Å²) >= 11 is 0. The van der Waals surface area contributed by atoms with Crippen LogP contribution in [0.2, 0.25) is 0 Å². The number of carbonyl (C=O) groups is 2. The third-order valence-corrected chi connectivity index (χ3v) is 3.59. The molecule has 0 spiro atoms. The highest BCUT2D eigenvalue weighted by Gasteiger charge is 2.24. The van der Waals surface area contributed by atoms with Crippen molar-refractivity contribution in [3.63, 3.8) is 0 Å². The van der Waals surface area contributed by atoms with Crippen molar-refractivity contribution in [1.82, 2.24) is 4.72 Å². The number of furan rings is 1. The molecule has 0 aliphatic carbocycles. The molecule has 0 fully saturated rings. The minimum Gasteiger partial charge on any atom is -0.475 e. The molecule has 0 atom stereocenters. The van der Waals surface area contributed by atoms with Crippen LogP contribution in [0.25, 0.3) is 0 Å². The first-order valence-electron chi connectivity index (χ1n) is 5.27. The molecule has 0 bridgehead atoms. The number of nitrogens with one attached hydrogen (secondary N) is 1. The predicted octanol–water partition coefficient (Wildman–Crippen LogP) is 0.128. The van der Waals surface area contributed by atoms with E-state index in [4.69, 9.17) is 9.52 Å². The van der Waals surface area contributed by atoms with Gasteiger partial charge in [0.2, 0.25) is 15.8 Å². The lowest BCUT2D eigenvalue weighted by molar-refractivity contribution is -0.141. The summed E-state index contributed by atoms with van der Waals surface area (Å²) in [7, 11) is -4.02. The Morgan fingerprint density at radius 3 is 2.58 bits per heavy atom. The Labute approximate surface area is 109 Å². The minimum atomic E-state index is -4.02. The van der Waals surface area contributed by atoms with Gasteiger partial charge in [-0.05, 0) is 13.8 Å². The monoisotopic (exact) mass is 291 g/mol. The smallest absolute Gasteiger partial charge is 0.371 e.